The summed E-state index contributed by atoms with van der Waals surface area (Å²) in [4.78, 5) is 0. The zero-order valence-corrected chi connectivity index (χ0v) is 5.49. The number of rotatable bonds is 0. The Morgan fingerprint density at radius 2 is 2.29 bits per heavy atom. The number of aliphatic hydroxyl groups excluding tert-OH is 1. The molecule has 0 aliphatic carbocycles. The Balaban J connectivity index is 0.000000360. The molecular formula is C4H9NOV. The molecule has 0 aromatic heterocycles. The monoisotopic (exact) mass is 138 g/mol. The van der Waals surface area contributed by atoms with E-state index in [0.717, 1.165) is 19.5 Å². The second-order valence-corrected chi connectivity index (χ2v) is 1.65. The molecule has 41 valence electrons. The third-order valence-electron chi connectivity index (χ3n) is 1.03. The predicted molar refractivity (Wildman–Crippen MR) is 23.5 cm³/mol. The average Bonchev–Trinajstić information content (AvgIpc) is 1.86. The fraction of sp³-hybridized carbons (Fsp3) is 1.00. The van der Waals surface area contributed by atoms with Gasteiger partial charge in [0, 0.05) is 25.1 Å². The Labute approximate surface area is 55.2 Å². The molecule has 3 heteroatoms. The molecule has 7 heavy (non-hydrogen) atoms. The van der Waals surface area contributed by atoms with Gasteiger partial charge in [0.25, 0.3) is 0 Å². The minimum atomic E-state index is -0.0648. The van der Waals surface area contributed by atoms with Crippen LogP contribution in [0.1, 0.15) is 6.42 Å². The quantitative estimate of drug-likeness (QED) is 0.465. The van der Waals surface area contributed by atoms with E-state index in [9.17, 15) is 0 Å². The molecule has 1 rings (SSSR count). The van der Waals surface area contributed by atoms with Crippen molar-refractivity contribution in [2.45, 2.75) is 12.5 Å². The van der Waals surface area contributed by atoms with E-state index in [1.54, 1.807) is 0 Å². The van der Waals surface area contributed by atoms with Crippen LogP contribution in [0, 0.1) is 0 Å². The first-order chi connectivity index (χ1) is 2.89. The molecule has 0 aromatic carbocycles. The van der Waals surface area contributed by atoms with Crippen LogP contribution in [0.15, 0.2) is 0 Å². The Bertz CT molecular complexity index is 45.0. The molecule has 1 atom stereocenters. The van der Waals surface area contributed by atoms with E-state index in [0.29, 0.717) is 0 Å². The van der Waals surface area contributed by atoms with Crippen LogP contribution in [0.5, 0.6) is 0 Å². The maximum atomic E-state index is 8.67. The second-order valence-electron chi connectivity index (χ2n) is 1.65. The smallest absolute Gasteiger partial charge is 0.0676 e. The van der Waals surface area contributed by atoms with Gasteiger partial charge in [0.05, 0.1) is 6.10 Å². The van der Waals surface area contributed by atoms with Crippen molar-refractivity contribution in [1.29, 1.82) is 0 Å². The van der Waals surface area contributed by atoms with E-state index < -0.39 is 0 Å². The standard InChI is InChI=1S/C4H9NO.V/c6-4-1-2-5-3-4;/h4-6H,1-3H2;. The van der Waals surface area contributed by atoms with Crippen LogP contribution in [-0.4, -0.2) is 24.3 Å². The average molecular weight is 138 g/mol. The van der Waals surface area contributed by atoms with Crippen LogP contribution in [0.2, 0.25) is 0 Å². The van der Waals surface area contributed by atoms with Crippen LogP contribution in [0.4, 0.5) is 0 Å². The summed E-state index contributed by atoms with van der Waals surface area (Å²) in [5, 5.41) is 11.7. The third-order valence-corrected chi connectivity index (χ3v) is 1.03. The summed E-state index contributed by atoms with van der Waals surface area (Å²) in [7, 11) is 0. The maximum absolute atomic E-state index is 8.67. The van der Waals surface area contributed by atoms with Crippen molar-refractivity contribution in [1.82, 2.24) is 5.32 Å². The molecule has 2 nitrogen and oxygen atoms in total. The first kappa shape index (κ1) is 7.50. The van der Waals surface area contributed by atoms with Crippen molar-refractivity contribution >= 4 is 0 Å². The summed E-state index contributed by atoms with van der Waals surface area (Å²) in [6.07, 6.45) is 0.866. The summed E-state index contributed by atoms with van der Waals surface area (Å²) >= 11 is 0. The third kappa shape index (κ3) is 2.34. The van der Waals surface area contributed by atoms with Crippen molar-refractivity contribution in [3.05, 3.63) is 0 Å². The van der Waals surface area contributed by atoms with Crippen LogP contribution < -0.4 is 5.32 Å². The van der Waals surface area contributed by atoms with Gasteiger partial charge in [-0.3, -0.25) is 0 Å². The molecular weight excluding hydrogens is 129 g/mol. The van der Waals surface area contributed by atoms with Crippen LogP contribution in [0.3, 0.4) is 0 Å². The van der Waals surface area contributed by atoms with Crippen LogP contribution >= 0.6 is 0 Å². The summed E-state index contributed by atoms with van der Waals surface area (Å²) in [6, 6.07) is 0. The maximum Gasteiger partial charge on any atom is 0.0676 e. The van der Waals surface area contributed by atoms with Crippen LogP contribution in [-0.2, 0) is 18.6 Å². The van der Waals surface area contributed by atoms with E-state index in [4.69, 9.17) is 5.11 Å². The van der Waals surface area contributed by atoms with Gasteiger partial charge < -0.3 is 10.4 Å². The molecule has 0 spiro atoms. The van der Waals surface area contributed by atoms with Gasteiger partial charge >= 0.3 is 0 Å². The minimum absolute atomic E-state index is 0. The zero-order valence-electron chi connectivity index (χ0n) is 4.09. The Kier molecular flexibility index (Phi) is 3.75. The number of β-amino-alcohol motifs (C(OH)–C–C–N with tert-alkyl or cyclic N) is 1. The van der Waals surface area contributed by atoms with Gasteiger partial charge in [-0.2, -0.15) is 0 Å². The predicted octanol–water partition coefficient (Wildman–Crippen LogP) is -0.662. The van der Waals surface area contributed by atoms with E-state index in [2.05, 4.69) is 5.32 Å². The SMILES string of the molecule is OC1CCNC1.[V]. The first-order valence-electron chi connectivity index (χ1n) is 2.28. The summed E-state index contributed by atoms with van der Waals surface area (Å²) < 4.78 is 0. The first-order valence-corrected chi connectivity index (χ1v) is 2.28. The van der Waals surface area contributed by atoms with Crippen molar-refractivity contribution in [2.75, 3.05) is 13.1 Å². The molecule has 1 aliphatic heterocycles. The molecule has 0 amide bonds. The van der Waals surface area contributed by atoms with E-state index in [1.807, 2.05) is 0 Å². The van der Waals surface area contributed by atoms with Gasteiger partial charge in [0.15, 0.2) is 0 Å². The number of aliphatic hydroxyl groups is 1. The molecule has 1 aliphatic rings. The zero-order chi connectivity index (χ0) is 4.41. The molecule has 1 saturated heterocycles. The molecule has 1 unspecified atom stereocenters. The van der Waals surface area contributed by atoms with E-state index >= 15 is 0 Å². The summed E-state index contributed by atoms with van der Waals surface area (Å²) in [5.74, 6) is 0. The van der Waals surface area contributed by atoms with Gasteiger partial charge in [-0.1, -0.05) is 0 Å². The van der Waals surface area contributed by atoms with Crippen molar-refractivity contribution in [2.24, 2.45) is 0 Å². The van der Waals surface area contributed by atoms with E-state index in [1.165, 1.54) is 0 Å². The Morgan fingerprint density at radius 3 is 2.43 bits per heavy atom. The largest absolute Gasteiger partial charge is 0.392 e. The Hall–Kier alpha value is 0.504. The summed E-state index contributed by atoms with van der Waals surface area (Å²) in [5.41, 5.74) is 0. The fourth-order valence-corrected chi connectivity index (χ4v) is 0.639. The molecule has 0 saturated carbocycles. The van der Waals surface area contributed by atoms with E-state index in [-0.39, 0.29) is 24.7 Å². The molecule has 0 bridgehead atoms. The second kappa shape index (κ2) is 3.50. The van der Waals surface area contributed by atoms with Gasteiger partial charge in [-0.25, -0.2) is 0 Å². The van der Waals surface area contributed by atoms with Gasteiger partial charge in [-0.15, -0.1) is 0 Å². The number of nitrogens with one attached hydrogen (secondary N) is 1. The summed E-state index contributed by atoms with van der Waals surface area (Å²) in [6.45, 7) is 1.78. The normalized spacial score (nSPS) is 29.6. The van der Waals surface area contributed by atoms with Gasteiger partial charge in [0.1, 0.15) is 0 Å². The number of hydrogen-bond donors (Lipinski definition) is 2. The molecule has 1 fully saturated rings. The van der Waals surface area contributed by atoms with Gasteiger partial charge in [0.2, 0.25) is 0 Å². The van der Waals surface area contributed by atoms with Crippen LogP contribution in [0.25, 0.3) is 0 Å². The number of hydrogen-bond acceptors (Lipinski definition) is 2. The molecule has 1 radical (unpaired) electrons. The van der Waals surface area contributed by atoms with Crippen molar-refractivity contribution in [3.63, 3.8) is 0 Å². The van der Waals surface area contributed by atoms with Crippen molar-refractivity contribution in [3.8, 4) is 0 Å². The fourth-order valence-electron chi connectivity index (χ4n) is 0.639. The Morgan fingerprint density at radius 1 is 1.57 bits per heavy atom. The topological polar surface area (TPSA) is 32.3 Å². The molecule has 1 heterocycles. The van der Waals surface area contributed by atoms with Gasteiger partial charge in [-0.05, 0) is 13.0 Å². The molecule has 2 N–H and O–H groups in total. The van der Waals surface area contributed by atoms with Crippen molar-refractivity contribution < 1.29 is 23.7 Å². The molecule has 0 aromatic rings. The minimum Gasteiger partial charge on any atom is -0.392 e.